The minimum absolute atomic E-state index is 0.296. The van der Waals surface area contributed by atoms with Gasteiger partial charge in [-0.25, -0.2) is 4.68 Å². The molecule has 15 heavy (non-hydrogen) atoms. The van der Waals surface area contributed by atoms with E-state index >= 15 is 0 Å². The Balaban J connectivity index is 1.97. The van der Waals surface area contributed by atoms with Gasteiger partial charge in [0.15, 0.2) is 0 Å². The number of anilines is 1. The lowest BCUT2D eigenvalue weighted by Crippen LogP contribution is -2.40. The van der Waals surface area contributed by atoms with E-state index in [-0.39, 0.29) is 0 Å². The van der Waals surface area contributed by atoms with Gasteiger partial charge in [-0.1, -0.05) is 5.10 Å². The molecule has 1 fully saturated rings. The van der Waals surface area contributed by atoms with Gasteiger partial charge in [0.2, 0.25) is 5.95 Å². The molecule has 0 aliphatic carbocycles. The molecule has 1 aromatic heterocycles. The van der Waals surface area contributed by atoms with Gasteiger partial charge in [-0.15, -0.1) is 0 Å². The largest absolute Gasteiger partial charge is 0.340 e. The molecule has 6 nitrogen and oxygen atoms in total. The molecular weight excluding hydrogens is 192 g/mol. The van der Waals surface area contributed by atoms with Crippen LogP contribution in [0.25, 0.3) is 0 Å². The summed E-state index contributed by atoms with van der Waals surface area (Å²) in [7, 11) is 1.87. The zero-order valence-corrected chi connectivity index (χ0v) is 9.30. The van der Waals surface area contributed by atoms with E-state index in [0.717, 1.165) is 31.9 Å². The van der Waals surface area contributed by atoms with Gasteiger partial charge >= 0.3 is 0 Å². The van der Waals surface area contributed by atoms with Crippen LogP contribution in [-0.4, -0.2) is 39.3 Å². The summed E-state index contributed by atoms with van der Waals surface area (Å²) in [5, 5.41) is 11.5. The zero-order valence-electron chi connectivity index (χ0n) is 9.30. The fourth-order valence-corrected chi connectivity index (χ4v) is 2.12. The lowest BCUT2D eigenvalue weighted by molar-refractivity contribution is 0.351. The van der Waals surface area contributed by atoms with E-state index in [2.05, 4.69) is 27.3 Å². The molecule has 2 heterocycles. The van der Waals surface area contributed by atoms with Crippen LogP contribution in [0, 0.1) is 5.92 Å². The summed E-state index contributed by atoms with van der Waals surface area (Å²) < 4.78 is 1.71. The number of hydrogen-bond acceptors (Lipinski definition) is 5. The second-order valence-electron chi connectivity index (χ2n) is 4.29. The summed E-state index contributed by atoms with van der Waals surface area (Å²) in [6.45, 7) is 4.09. The first-order valence-electron chi connectivity index (χ1n) is 5.41. The molecule has 1 aromatic rings. The molecule has 1 unspecified atom stereocenters. The summed E-state index contributed by atoms with van der Waals surface area (Å²) in [5.74, 6) is 1.50. The van der Waals surface area contributed by atoms with Crippen molar-refractivity contribution in [1.29, 1.82) is 0 Å². The van der Waals surface area contributed by atoms with Crippen molar-refractivity contribution < 1.29 is 0 Å². The van der Waals surface area contributed by atoms with E-state index in [1.165, 1.54) is 0 Å². The average molecular weight is 210 g/mol. The Hall–Kier alpha value is -1.17. The van der Waals surface area contributed by atoms with Crippen molar-refractivity contribution in [2.75, 3.05) is 18.0 Å². The number of piperidine rings is 1. The van der Waals surface area contributed by atoms with E-state index in [4.69, 9.17) is 5.73 Å². The second-order valence-corrected chi connectivity index (χ2v) is 4.29. The predicted octanol–water partition coefficient (Wildman–Crippen LogP) is -0.226. The highest BCUT2D eigenvalue weighted by Gasteiger charge is 2.24. The van der Waals surface area contributed by atoms with Crippen LogP contribution in [-0.2, 0) is 7.05 Å². The maximum absolute atomic E-state index is 5.90. The summed E-state index contributed by atoms with van der Waals surface area (Å²) in [6, 6.07) is 0.296. The SMILES string of the molecule is CC(N)C1CCN(c2nnnn2C)CC1. The molecule has 0 bridgehead atoms. The average Bonchev–Trinajstić information content (AvgIpc) is 2.65. The molecule has 2 rings (SSSR count). The molecule has 1 aliphatic heterocycles. The Kier molecular flexibility index (Phi) is 2.86. The van der Waals surface area contributed by atoms with E-state index in [0.29, 0.717) is 12.0 Å². The molecular formula is C9H18N6. The number of tetrazole rings is 1. The third-order valence-electron chi connectivity index (χ3n) is 3.16. The lowest BCUT2D eigenvalue weighted by atomic mass is 9.91. The maximum Gasteiger partial charge on any atom is 0.245 e. The molecule has 0 amide bonds. The monoisotopic (exact) mass is 210 g/mol. The Bertz CT molecular complexity index is 312. The summed E-state index contributed by atoms with van der Waals surface area (Å²) in [4.78, 5) is 2.22. The topological polar surface area (TPSA) is 72.9 Å². The van der Waals surface area contributed by atoms with Crippen molar-refractivity contribution in [3.05, 3.63) is 0 Å². The zero-order chi connectivity index (χ0) is 10.8. The number of rotatable bonds is 2. The lowest BCUT2D eigenvalue weighted by Gasteiger charge is -2.33. The summed E-state index contributed by atoms with van der Waals surface area (Å²) in [5.41, 5.74) is 5.90. The quantitative estimate of drug-likeness (QED) is 0.730. The van der Waals surface area contributed by atoms with E-state index in [1.807, 2.05) is 7.05 Å². The van der Waals surface area contributed by atoms with Gasteiger partial charge in [0.1, 0.15) is 0 Å². The Labute approximate surface area is 89.4 Å². The Morgan fingerprint density at radius 2 is 2.07 bits per heavy atom. The molecule has 1 aliphatic rings. The highest BCUT2D eigenvalue weighted by molar-refractivity contribution is 5.28. The number of hydrogen-bond donors (Lipinski definition) is 1. The van der Waals surface area contributed by atoms with Gasteiger partial charge in [-0.05, 0) is 36.1 Å². The van der Waals surface area contributed by atoms with E-state index < -0.39 is 0 Å². The van der Waals surface area contributed by atoms with Gasteiger partial charge in [0, 0.05) is 26.2 Å². The minimum atomic E-state index is 0.296. The second kappa shape index (κ2) is 4.14. The third-order valence-corrected chi connectivity index (χ3v) is 3.16. The van der Waals surface area contributed by atoms with Gasteiger partial charge in [0.25, 0.3) is 0 Å². The normalized spacial score (nSPS) is 20.6. The summed E-state index contributed by atoms with van der Waals surface area (Å²) >= 11 is 0. The standard InChI is InChI=1S/C9H18N6/c1-7(10)8-3-5-15(6-4-8)9-11-12-13-14(9)2/h7-8H,3-6,10H2,1-2H3. The van der Waals surface area contributed by atoms with Crippen molar-refractivity contribution >= 4 is 5.95 Å². The van der Waals surface area contributed by atoms with Crippen molar-refractivity contribution in [2.24, 2.45) is 18.7 Å². The van der Waals surface area contributed by atoms with Crippen LogP contribution in [0.2, 0.25) is 0 Å². The van der Waals surface area contributed by atoms with Crippen LogP contribution < -0.4 is 10.6 Å². The first kappa shape index (κ1) is 10.4. The summed E-state index contributed by atoms with van der Waals surface area (Å²) in [6.07, 6.45) is 2.26. The first-order chi connectivity index (χ1) is 7.18. The fraction of sp³-hybridized carbons (Fsp3) is 0.889. The molecule has 84 valence electrons. The van der Waals surface area contributed by atoms with Crippen LogP contribution in [0.5, 0.6) is 0 Å². The van der Waals surface area contributed by atoms with E-state index in [1.54, 1.807) is 4.68 Å². The van der Waals surface area contributed by atoms with Gasteiger partial charge < -0.3 is 10.6 Å². The van der Waals surface area contributed by atoms with Crippen molar-refractivity contribution in [3.63, 3.8) is 0 Å². The Morgan fingerprint density at radius 1 is 1.40 bits per heavy atom. The number of nitrogens with zero attached hydrogens (tertiary/aromatic N) is 5. The molecule has 6 heteroatoms. The van der Waals surface area contributed by atoms with Gasteiger partial charge in [-0.2, -0.15) is 0 Å². The highest BCUT2D eigenvalue weighted by atomic mass is 15.6. The van der Waals surface area contributed by atoms with Crippen molar-refractivity contribution in [2.45, 2.75) is 25.8 Å². The Morgan fingerprint density at radius 3 is 2.53 bits per heavy atom. The van der Waals surface area contributed by atoms with Crippen molar-refractivity contribution in [1.82, 2.24) is 20.2 Å². The van der Waals surface area contributed by atoms with Crippen LogP contribution >= 0.6 is 0 Å². The predicted molar refractivity (Wildman–Crippen MR) is 57.4 cm³/mol. The smallest absolute Gasteiger partial charge is 0.245 e. The molecule has 2 N–H and O–H groups in total. The molecule has 0 saturated carbocycles. The highest BCUT2D eigenvalue weighted by Crippen LogP contribution is 2.22. The van der Waals surface area contributed by atoms with Crippen LogP contribution in [0.4, 0.5) is 5.95 Å². The van der Waals surface area contributed by atoms with Gasteiger partial charge in [-0.3, -0.25) is 0 Å². The molecule has 0 spiro atoms. The van der Waals surface area contributed by atoms with Crippen LogP contribution in [0.1, 0.15) is 19.8 Å². The maximum atomic E-state index is 5.90. The molecule has 1 saturated heterocycles. The van der Waals surface area contributed by atoms with Crippen molar-refractivity contribution in [3.8, 4) is 0 Å². The fourth-order valence-electron chi connectivity index (χ4n) is 2.12. The number of aryl methyl sites for hydroxylation is 1. The molecule has 0 aromatic carbocycles. The number of aromatic nitrogens is 4. The van der Waals surface area contributed by atoms with Crippen LogP contribution in [0.15, 0.2) is 0 Å². The minimum Gasteiger partial charge on any atom is -0.340 e. The van der Waals surface area contributed by atoms with Gasteiger partial charge in [0.05, 0.1) is 0 Å². The van der Waals surface area contributed by atoms with Crippen LogP contribution in [0.3, 0.4) is 0 Å². The first-order valence-corrected chi connectivity index (χ1v) is 5.41. The van der Waals surface area contributed by atoms with E-state index in [9.17, 15) is 0 Å². The number of nitrogens with two attached hydrogens (primary N) is 1. The third kappa shape index (κ3) is 2.09. The molecule has 0 radical (unpaired) electrons. The molecule has 1 atom stereocenters.